The molecule has 1 aromatic carbocycles. The van der Waals surface area contributed by atoms with Gasteiger partial charge in [-0.1, -0.05) is 12.1 Å². The van der Waals surface area contributed by atoms with E-state index >= 15 is 0 Å². The van der Waals surface area contributed by atoms with Gasteiger partial charge in [0.1, 0.15) is 12.7 Å². The fraction of sp³-hybridized carbons (Fsp3) is 0.625. The summed E-state index contributed by atoms with van der Waals surface area (Å²) in [5.41, 5.74) is 0. The van der Waals surface area contributed by atoms with Gasteiger partial charge >= 0.3 is 0 Å². The van der Waals surface area contributed by atoms with Crippen molar-refractivity contribution in [1.82, 2.24) is 5.32 Å². The smallest absolute Gasteiger partial charge is 0.161 e. The molecule has 20 heavy (non-hydrogen) atoms. The molecule has 1 atom stereocenters. The van der Waals surface area contributed by atoms with Crippen LogP contribution in [0, 0.1) is 0 Å². The van der Waals surface area contributed by atoms with E-state index < -0.39 is 0 Å². The Morgan fingerprint density at radius 3 is 2.65 bits per heavy atom. The van der Waals surface area contributed by atoms with Crippen molar-refractivity contribution in [3.8, 4) is 11.5 Å². The number of nitrogens with one attached hydrogen (secondary N) is 1. The van der Waals surface area contributed by atoms with Crippen LogP contribution < -0.4 is 14.8 Å². The van der Waals surface area contributed by atoms with E-state index in [1.54, 1.807) is 0 Å². The van der Waals surface area contributed by atoms with Crippen LogP contribution in [0.4, 0.5) is 0 Å². The average Bonchev–Trinajstić information content (AvgIpc) is 2.53. The van der Waals surface area contributed by atoms with Crippen molar-refractivity contribution >= 4 is 0 Å². The minimum absolute atomic E-state index is 0.102. The third kappa shape index (κ3) is 3.25. The van der Waals surface area contributed by atoms with Crippen LogP contribution in [0.2, 0.25) is 0 Å². The molecule has 0 bridgehead atoms. The van der Waals surface area contributed by atoms with Gasteiger partial charge in [-0.25, -0.2) is 0 Å². The molecule has 1 unspecified atom stereocenters. The minimum atomic E-state index is 0.102. The number of fused-ring (bicyclic) bond motifs is 1. The van der Waals surface area contributed by atoms with Crippen molar-refractivity contribution < 1.29 is 14.2 Å². The van der Waals surface area contributed by atoms with E-state index in [2.05, 4.69) is 5.32 Å². The first-order valence-corrected chi connectivity index (χ1v) is 7.50. The van der Waals surface area contributed by atoms with Crippen molar-refractivity contribution in [3.63, 3.8) is 0 Å². The lowest BCUT2D eigenvalue weighted by molar-refractivity contribution is 0.0562. The molecule has 1 saturated carbocycles. The Bertz CT molecular complexity index is 429. The first kappa shape index (κ1) is 13.7. The van der Waals surface area contributed by atoms with Gasteiger partial charge in [-0.3, -0.25) is 0 Å². The Kier molecular flexibility index (Phi) is 4.43. The Morgan fingerprint density at radius 2 is 1.90 bits per heavy atom. The molecule has 1 heterocycles. The van der Waals surface area contributed by atoms with Crippen LogP contribution in [0.5, 0.6) is 11.5 Å². The van der Waals surface area contributed by atoms with Crippen LogP contribution in [0.25, 0.3) is 0 Å². The lowest BCUT2D eigenvalue weighted by atomic mass is 9.93. The monoisotopic (exact) mass is 277 g/mol. The molecule has 1 fully saturated rings. The highest BCUT2D eigenvalue weighted by Crippen LogP contribution is 2.30. The molecule has 4 heteroatoms. The Hall–Kier alpha value is -1.26. The highest BCUT2D eigenvalue weighted by molar-refractivity contribution is 5.40. The standard InChI is InChI=1S/C16H23NO3/c1-18-13-8-6-12(7-9-13)17-10-14-11-19-15-4-2-3-5-16(15)20-14/h2-5,12-14,17H,6-11H2,1H3. The van der Waals surface area contributed by atoms with Gasteiger partial charge in [-0.15, -0.1) is 0 Å². The summed E-state index contributed by atoms with van der Waals surface area (Å²) in [4.78, 5) is 0. The highest BCUT2D eigenvalue weighted by atomic mass is 16.6. The largest absolute Gasteiger partial charge is 0.486 e. The van der Waals surface area contributed by atoms with Crippen LogP contribution in [-0.4, -0.2) is 38.5 Å². The molecule has 2 aliphatic rings. The molecule has 1 aliphatic carbocycles. The topological polar surface area (TPSA) is 39.7 Å². The fourth-order valence-electron chi connectivity index (χ4n) is 2.96. The van der Waals surface area contributed by atoms with Crippen LogP contribution in [0.1, 0.15) is 25.7 Å². The molecule has 1 aliphatic heterocycles. The molecule has 1 aromatic rings. The first-order valence-electron chi connectivity index (χ1n) is 7.50. The van der Waals surface area contributed by atoms with Gasteiger partial charge in [0, 0.05) is 19.7 Å². The summed E-state index contributed by atoms with van der Waals surface area (Å²) in [6, 6.07) is 8.44. The second-order valence-corrected chi connectivity index (χ2v) is 5.62. The van der Waals surface area contributed by atoms with E-state index in [1.807, 2.05) is 31.4 Å². The number of ether oxygens (including phenoxy) is 3. The van der Waals surface area contributed by atoms with Crippen LogP contribution in [-0.2, 0) is 4.74 Å². The SMILES string of the molecule is COC1CCC(NCC2COc3ccccc3O2)CC1. The van der Waals surface area contributed by atoms with Crippen molar-refractivity contribution in [2.75, 3.05) is 20.3 Å². The highest BCUT2D eigenvalue weighted by Gasteiger charge is 2.24. The van der Waals surface area contributed by atoms with Crippen LogP contribution in [0.3, 0.4) is 0 Å². The molecular weight excluding hydrogens is 254 g/mol. The first-order chi connectivity index (χ1) is 9.85. The van der Waals surface area contributed by atoms with E-state index in [0.717, 1.165) is 30.9 Å². The van der Waals surface area contributed by atoms with E-state index in [-0.39, 0.29) is 6.10 Å². The van der Waals surface area contributed by atoms with Crippen LogP contribution in [0.15, 0.2) is 24.3 Å². The predicted molar refractivity (Wildman–Crippen MR) is 77.4 cm³/mol. The zero-order chi connectivity index (χ0) is 13.8. The van der Waals surface area contributed by atoms with E-state index in [4.69, 9.17) is 14.2 Å². The Balaban J connectivity index is 1.44. The molecule has 3 rings (SSSR count). The fourth-order valence-corrected chi connectivity index (χ4v) is 2.96. The quantitative estimate of drug-likeness (QED) is 0.917. The molecule has 1 N–H and O–H groups in total. The lowest BCUT2D eigenvalue weighted by Crippen LogP contribution is -2.44. The summed E-state index contributed by atoms with van der Waals surface area (Å²) < 4.78 is 17.1. The van der Waals surface area contributed by atoms with Crippen molar-refractivity contribution in [2.24, 2.45) is 0 Å². The second-order valence-electron chi connectivity index (χ2n) is 5.62. The third-order valence-electron chi connectivity index (χ3n) is 4.21. The van der Waals surface area contributed by atoms with E-state index in [9.17, 15) is 0 Å². The summed E-state index contributed by atoms with van der Waals surface area (Å²) in [7, 11) is 1.81. The number of hydrogen-bond donors (Lipinski definition) is 1. The maximum atomic E-state index is 5.95. The summed E-state index contributed by atoms with van der Waals surface area (Å²) in [6.07, 6.45) is 5.22. The van der Waals surface area contributed by atoms with Crippen molar-refractivity contribution in [3.05, 3.63) is 24.3 Å². The van der Waals surface area contributed by atoms with Gasteiger partial charge < -0.3 is 19.5 Å². The summed E-state index contributed by atoms with van der Waals surface area (Å²) in [6.45, 7) is 1.47. The molecule has 0 spiro atoms. The van der Waals surface area contributed by atoms with Crippen LogP contribution >= 0.6 is 0 Å². The third-order valence-corrected chi connectivity index (χ3v) is 4.21. The molecular formula is C16H23NO3. The zero-order valence-electron chi connectivity index (χ0n) is 12.0. The Morgan fingerprint density at radius 1 is 1.15 bits per heavy atom. The Labute approximate surface area is 120 Å². The normalized spacial score (nSPS) is 29.1. The van der Waals surface area contributed by atoms with Gasteiger partial charge in [0.25, 0.3) is 0 Å². The summed E-state index contributed by atoms with van der Waals surface area (Å²) in [5, 5.41) is 3.61. The average molecular weight is 277 g/mol. The van der Waals surface area contributed by atoms with E-state index in [1.165, 1.54) is 12.8 Å². The number of hydrogen-bond acceptors (Lipinski definition) is 4. The predicted octanol–water partition coefficient (Wildman–Crippen LogP) is 2.37. The molecule has 0 saturated heterocycles. The summed E-state index contributed by atoms with van der Waals surface area (Å²) >= 11 is 0. The zero-order valence-corrected chi connectivity index (χ0v) is 12.0. The van der Waals surface area contributed by atoms with Gasteiger partial charge in [0.05, 0.1) is 6.10 Å². The minimum Gasteiger partial charge on any atom is -0.486 e. The molecule has 110 valence electrons. The van der Waals surface area contributed by atoms with E-state index in [0.29, 0.717) is 18.8 Å². The molecule has 0 aromatic heterocycles. The number of rotatable bonds is 4. The second kappa shape index (κ2) is 6.46. The number of para-hydroxylation sites is 2. The number of benzene rings is 1. The van der Waals surface area contributed by atoms with Gasteiger partial charge in [-0.2, -0.15) is 0 Å². The van der Waals surface area contributed by atoms with Gasteiger partial charge in [0.2, 0.25) is 0 Å². The molecule has 0 radical (unpaired) electrons. The maximum absolute atomic E-state index is 5.95. The van der Waals surface area contributed by atoms with Gasteiger partial charge in [0.15, 0.2) is 11.5 Å². The van der Waals surface area contributed by atoms with Crippen molar-refractivity contribution in [1.29, 1.82) is 0 Å². The van der Waals surface area contributed by atoms with Gasteiger partial charge in [-0.05, 0) is 37.8 Å². The lowest BCUT2D eigenvalue weighted by Gasteiger charge is -2.31. The molecule has 4 nitrogen and oxygen atoms in total. The maximum Gasteiger partial charge on any atom is 0.161 e. The summed E-state index contributed by atoms with van der Waals surface area (Å²) in [5.74, 6) is 1.71. The van der Waals surface area contributed by atoms with Crippen molar-refractivity contribution in [2.45, 2.75) is 43.9 Å². The molecule has 0 amide bonds. The number of methoxy groups -OCH3 is 1.